The normalized spacial score (nSPS) is 15.8. The smallest absolute Gasteiger partial charge is 0.414 e. The maximum Gasteiger partial charge on any atom is 0.414 e. The third kappa shape index (κ3) is 4.88. The highest BCUT2D eigenvalue weighted by molar-refractivity contribution is 5.98. The summed E-state index contributed by atoms with van der Waals surface area (Å²) in [5.41, 5.74) is 1.29. The van der Waals surface area contributed by atoms with Crippen molar-refractivity contribution >= 4 is 23.5 Å². The number of carbonyl (C=O) groups is 3. The summed E-state index contributed by atoms with van der Waals surface area (Å²) in [5, 5.41) is 2.73. The first kappa shape index (κ1) is 19.4. The monoisotopic (exact) mass is 382 g/mol. The molecule has 0 saturated carbocycles. The highest BCUT2D eigenvalue weighted by Crippen LogP contribution is 2.20. The van der Waals surface area contributed by atoms with E-state index in [0.29, 0.717) is 17.9 Å². The van der Waals surface area contributed by atoms with Crippen LogP contribution in [0.3, 0.4) is 0 Å². The minimum absolute atomic E-state index is 0.0773. The van der Waals surface area contributed by atoms with Crippen molar-refractivity contribution in [2.75, 3.05) is 25.1 Å². The van der Waals surface area contributed by atoms with E-state index in [1.165, 1.54) is 4.90 Å². The van der Waals surface area contributed by atoms with Crippen molar-refractivity contribution in [1.29, 1.82) is 0 Å². The van der Waals surface area contributed by atoms with Crippen LogP contribution < -0.4 is 15.0 Å². The fourth-order valence-electron chi connectivity index (χ4n) is 2.91. The number of ketones is 1. The Balaban J connectivity index is 1.42. The Morgan fingerprint density at radius 1 is 1.11 bits per heavy atom. The van der Waals surface area contributed by atoms with Gasteiger partial charge in [-0.25, -0.2) is 4.79 Å². The SMILES string of the molecule is COc1ccc(C(=O)CCC(=O)NCC2CN(c3ccccc3)C(=O)O2)cc1. The maximum absolute atomic E-state index is 12.2. The highest BCUT2D eigenvalue weighted by Gasteiger charge is 2.32. The van der Waals surface area contributed by atoms with E-state index in [2.05, 4.69) is 5.32 Å². The van der Waals surface area contributed by atoms with Crippen LogP contribution in [-0.2, 0) is 9.53 Å². The summed E-state index contributed by atoms with van der Waals surface area (Å²) in [6, 6.07) is 16.0. The van der Waals surface area contributed by atoms with Crippen molar-refractivity contribution in [2.24, 2.45) is 0 Å². The number of carbonyl (C=O) groups excluding carboxylic acids is 3. The van der Waals surface area contributed by atoms with E-state index in [4.69, 9.17) is 9.47 Å². The van der Waals surface area contributed by atoms with Crippen LogP contribution in [0.2, 0.25) is 0 Å². The zero-order valence-electron chi connectivity index (χ0n) is 15.6. The van der Waals surface area contributed by atoms with Crippen molar-refractivity contribution < 1.29 is 23.9 Å². The van der Waals surface area contributed by atoms with Crippen molar-refractivity contribution in [2.45, 2.75) is 18.9 Å². The Bertz CT molecular complexity index is 836. The topological polar surface area (TPSA) is 84.9 Å². The highest BCUT2D eigenvalue weighted by atomic mass is 16.6. The molecule has 1 aliphatic heterocycles. The van der Waals surface area contributed by atoms with E-state index in [1.807, 2.05) is 30.3 Å². The first-order chi connectivity index (χ1) is 13.6. The molecule has 1 aliphatic rings. The Morgan fingerprint density at radius 3 is 2.50 bits per heavy atom. The zero-order chi connectivity index (χ0) is 19.9. The molecule has 1 N–H and O–H groups in total. The van der Waals surface area contributed by atoms with Gasteiger partial charge in [0.05, 0.1) is 20.2 Å². The van der Waals surface area contributed by atoms with Gasteiger partial charge in [-0.1, -0.05) is 18.2 Å². The number of amides is 2. The summed E-state index contributed by atoms with van der Waals surface area (Å²) in [6.45, 7) is 0.582. The lowest BCUT2D eigenvalue weighted by atomic mass is 10.1. The molecule has 3 rings (SSSR count). The minimum atomic E-state index is -0.430. The number of anilines is 1. The fourth-order valence-corrected chi connectivity index (χ4v) is 2.91. The Hall–Kier alpha value is -3.35. The predicted octanol–water partition coefficient (Wildman–Crippen LogP) is 2.80. The number of methoxy groups -OCH3 is 1. The van der Waals surface area contributed by atoms with Crippen LogP contribution in [0.25, 0.3) is 0 Å². The summed E-state index contributed by atoms with van der Waals surface area (Å²) in [6.07, 6.45) is -0.666. The lowest BCUT2D eigenvalue weighted by molar-refractivity contribution is -0.121. The van der Waals surface area contributed by atoms with Gasteiger partial charge in [0.2, 0.25) is 5.91 Å². The number of nitrogens with one attached hydrogen (secondary N) is 1. The molecule has 7 nitrogen and oxygen atoms in total. The fraction of sp³-hybridized carbons (Fsp3) is 0.286. The second kappa shape index (κ2) is 9.03. The van der Waals surface area contributed by atoms with E-state index in [-0.39, 0.29) is 31.1 Å². The second-order valence-electron chi connectivity index (χ2n) is 6.41. The molecule has 0 bridgehead atoms. The van der Waals surface area contributed by atoms with E-state index >= 15 is 0 Å². The molecule has 0 aromatic heterocycles. The van der Waals surface area contributed by atoms with Gasteiger partial charge in [-0.15, -0.1) is 0 Å². The van der Waals surface area contributed by atoms with Gasteiger partial charge in [-0.2, -0.15) is 0 Å². The molecule has 0 spiro atoms. The summed E-state index contributed by atoms with van der Waals surface area (Å²) in [5.74, 6) is 0.307. The summed E-state index contributed by atoms with van der Waals surface area (Å²) in [4.78, 5) is 37.7. The van der Waals surface area contributed by atoms with Crippen LogP contribution in [0.5, 0.6) is 5.75 Å². The number of ether oxygens (including phenoxy) is 2. The number of hydrogen-bond acceptors (Lipinski definition) is 5. The van der Waals surface area contributed by atoms with E-state index < -0.39 is 12.2 Å². The molecule has 2 aromatic rings. The average Bonchev–Trinajstić information content (AvgIpc) is 3.11. The number of nitrogens with zero attached hydrogens (tertiary/aromatic N) is 1. The molecule has 1 heterocycles. The summed E-state index contributed by atoms with van der Waals surface area (Å²) < 4.78 is 10.3. The molecule has 28 heavy (non-hydrogen) atoms. The summed E-state index contributed by atoms with van der Waals surface area (Å²) >= 11 is 0. The first-order valence-corrected chi connectivity index (χ1v) is 9.04. The van der Waals surface area contributed by atoms with Crippen molar-refractivity contribution in [3.63, 3.8) is 0 Å². The van der Waals surface area contributed by atoms with E-state index in [1.54, 1.807) is 31.4 Å². The Morgan fingerprint density at radius 2 is 1.82 bits per heavy atom. The Labute approximate surface area is 163 Å². The molecule has 1 saturated heterocycles. The molecule has 1 fully saturated rings. The van der Waals surface area contributed by atoms with E-state index in [9.17, 15) is 14.4 Å². The van der Waals surface area contributed by atoms with Crippen molar-refractivity contribution in [1.82, 2.24) is 5.32 Å². The van der Waals surface area contributed by atoms with Crippen LogP contribution in [-0.4, -0.2) is 44.1 Å². The molecule has 1 unspecified atom stereocenters. The number of hydrogen-bond donors (Lipinski definition) is 1. The lowest BCUT2D eigenvalue weighted by Crippen LogP contribution is -2.34. The molecule has 0 radical (unpaired) electrons. The van der Waals surface area contributed by atoms with Gasteiger partial charge >= 0.3 is 6.09 Å². The quantitative estimate of drug-likeness (QED) is 0.710. The predicted molar refractivity (Wildman–Crippen MR) is 104 cm³/mol. The molecule has 0 aliphatic carbocycles. The van der Waals surface area contributed by atoms with Gasteiger partial charge in [0.25, 0.3) is 0 Å². The molecular formula is C21H22N2O5. The van der Waals surface area contributed by atoms with Gasteiger partial charge in [-0.05, 0) is 36.4 Å². The van der Waals surface area contributed by atoms with Gasteiger partial charge in [0, 0.05) is 24.1 Å². The number of benzene rings is 2. The maximum atomic E-state index is 12.2. The van der Waals surface area contributed by atoms with Gasteiger partial charge < -0.3 is 14.8 Å². The molecule has 1 atom stereocenters. The molecule has 2 aromatic carbocycles. The van der Waals surface area contributed by atoms with E-state index in [0.717, 1.165) is 5.69 Å². The molecule has 2 amide bonds. The standard InChI is InChI=1S/C21H22N2O5/c1-27-17-9-7-15(8-10-17)19(24)11-12-20(25)22-13-18-14-23(21(26)28-18)16-5-3-2-4-6-16/h2-10,18H,11-14H2,1H3,(H,22,25). The zero-order valence-corrected chi connectivity index (χ0v) is 15.6. The van der Waals surface area contributed by atoms with Crippen LogP contribution in [0.4, 0.5) is 10.5 Å². The van der Waals surface area contributed by atoms with Gasteiger partial charge in [0.1, 0.15) is 11.9 Å². The third-order valence-corrected chi connectivity index (χ3v) is 4.46. The van der Waals surface area contributed by atoms with Crippen LogP contribution in [0, 0.1) is 0 Å². The largest absolute Gasteiger partial charge is 0.497 e. The van der Waals surface area contributed by atoms with Gasteiger partial charge in [-0.3, -0.25) is 14.5 Å². The van der Waals surface area contributed by atoms with Crippen LogP contribution >= 0.6 is 0 Å². The lowest BCUT2D eigenvalue weighted by Gasteiger charge is -2.12. The van der Waals surface area contributed by atoms with Gasteiger partial charge in [0.15, 0.2) is 5.78 Å². The first-order valence-electron chi connectivity index (χ1n) is 9.04. The molecule has 7 heteroatoms. The Kier molecular flexibility index (Phi) is 6.26. The van der Waals surface area contributed by atoms with Crippen molar-refractivity contribution in [3.05, 3.63) is 60.2 Å². The molecular weight excluding hydrogens is 360 g/mol. The minimum Gasteiger partial charge on any atom is -0.497 e. The van der Waals surface area contributed by atoms with Crippen molar-refractivity contribution in [3.8, 4) is 5.75 Å². The average molecular weight is 382 g/mol. The second-order valence-corrected chi connectivity index (χ2v) is 6.41. The van der Waals surface area contributed by atoms with Crippen LogP contribution in [0.1, 0.15) is 23.2 Å². The number of cyclic esters (lactones) is 1. The molecule has 146 valence electrons. The number of Topliss-reactive ketones (excluding diaryl/α,β-unsaturated/α-hetero) is 1. The number of rotatable bonds is 8. The number of para-hydroxylation sites is 1. The van der Waals surface area contributed by atoms with Crippen LogP contribution in [0.15, 0.2) is 54.6 Å². The summed E-state index contributed by atoms with van der Waals surface area (Å²) in [7, 11) is 1.56. The third-order valence-electron chi connectivity index (χ3n) is 4.46.